The highest BCUT2D eigenvalue weighted by Crippen LogP contribution is 2.22. The van der Waals surface area contributed by atoms with Crippen LogP contribution in [-0.4, -0.2) is 47.2 Å². The van der Waals surface area contributed by atoms with Crippen LogP contribution in [0.4, 0.5) is 10.1 Å². The molecule has 0 radical (unpaired) electrons. The van der Waals surface area contributed by atoms with Crippen LogP contribution in [-0.2, 0) is 0 Å². The number of hydrogen-bond donors (Lipinski definition) is 1. The van der Waals surface area contributed by atoms with Gasteiger partial charge in [0.25, 0.3) is 5.91 Å². The molecule has 1 aliphatic rings. The summed E-state index contributed by atoms with van der Waals surface area (Å²) in [5.41, 5.74) is 2.61. The van der Waals surface area contributed by atoms with Crippen LogP contribution in [0.5, 0.6) is 0 Å². The molecule has 2 heterocycles. The second kappa shape index (κ2) is 7.40. The Bertz CT molecular complexity index is 949. The molecule has 1 amide bonds. The molecule has 138 valence electrons. The third-order valence-corrected chi connectivity index (χ3v) is 4.96. The lowest BCUT2D eigenvalue weighted by molar-refractivity contribution is 0.0740. The van der Waals surface area contributed by atoms with Gasteiger partial charge in [0.05, 0.1) is 11.4 Å². The van der Waals surface area contributed by atoms with E-state index in [0.717, 1.165) is 5.56 Å². The first-order valence-electron chi connectivity index (χ1n) is 8.72. The van der Waals surface area contributed by atoms with E-state index >= 15 is 0 Å². The van der Waals surface area contributed by atoms with Crippen LogP contribution in [0, 0.1) is 5.82 Å². The van der Waals surface area contributed by atoms with Crippen molar-refractivity contribution in [1.29, 1.82) is 0 Å². The van der Waals surface area contributed by atoms with Crippen molar-refractivity contribution in [3.05, 3.63) is 71.1 Å². The maximum Gasteiger partial charge on any atom is 0.272 e. The summed E-state index contributed by atoms with van der Waals surface area (Å²) in [4.78, 5) is 16.5. The molecule has 0 saturated carbocycles. The van der Waals surface area contributed by atoms with E-state index in [-0.39, 0.29) is 11.7 Å². The van der Waals surface area contributed by atoms with Crippen molar-refractivity contribution in [1.82, 2.24) is 15.1 Å². The monoisotopic (exact) mass is 384 g/mol. The first kappa shape index (κ1) is 17.5. The number of benzene rings is 2. The summed E-state index contributed by atoms with van der Waals surface area (Å²) in [6.07, 6.45) is 0. The highest BCUT2D eigenvalue weighted by molar-refractivity contribution is 6.30. The second-order valence-electron chi connectivity index (χ2n) is 6.40. The van der Waals surface area contributed by atoms with Crippen LogP contribution in [0.1, 0.15) is 10.5 Å². The van der Waals surface area contributed by atoms with Gasteiger partial charge in [-0.1, -0.05) is 35.9 Å². The number of rotatable bonds is 3. The fourth-order valence-electron chi connectivity index (χ4n) is 3.23. The smallest absolute Gasteiger partial charge is 0.272 e. The molecule has 0 spiro atoms. The Balaban J connectivity index is 1.43. The van der Waals surface area contributed by atoms with E-state index in [1.165, 1.54) is 6.07 Å². The number of amides is 1. The van der Waals surface area contributed by atoms with Gasteiger partial charge in [-0.3, -0.25) is 9.89 Å². The van der Waals surface area contributed by atoms with Gasteiger partial charge >= 0.3 is 0 Å². The lowest BCUT2D eigenvalue weighted by Gasteiger charge is -2.36. The van der Waals surface area contributed by atoms with Gasteiger partial charge in [-0.15, -0.1) is 0 Å². The molecular weight excluding hydrogens is 367 g/mol. The SMILES string of the molecule is O=C(c1cc(-c2ccc(Cl)cc2)n[nH]1)N1CCN(c2ccccc2F)CC1. The van der Waals surface area contributed by atoms with Crippen molar-refractivity contribution in [2.75, 3.05) is 31.1 Å². The molecule has 1 aliphatic heterocycles. The summed E-state index contributed by atoms with van der Waals surface area (Å²) < 4.78 is 13.9. The average molecular weight is 385 g/mol. The third-order valence-electron chi connectivity index (χ3n) is 4.71. The number of carbonyl (C=O) groups is 1. The highest BCUT2D eigenvalue weighted by atomic mass is 35.5. The topological polar surface area (TPSA) is 52.2 Å². The van der Waals surface area contributed by atoms with Gasteiger partial charge in [-0.2, -0.15) is 5.10 Å². The number of aromatic nitrogens is 2. The molecule has 27 heavy (non-hydrogen) atoms. The average Bonchev–Trinajstić information content (AvgIpc) is 3.19. The molecule has 5 nitrogen and oxygen atoms in total. The molecule has 1 saturated heterocycles. The molecule has 0 atom stereocenters. The predicted molar refractivity (Wildman–Crippen MR) is 104 cm³/mol. The molecule has 0 unspecified atom stereocenters. The molecule has 4 rings (SSSR count). The Hall–Kier alpha value is -2.86. The predicted octanol–water partition coefficient (Wildman–Crippen LogP) is 3.83. The highest BCUT2D eigenvalue weighted by Gasteiger charge is 2.24. The maximum absolute atomic E-state index is 13.9. The van der Waals surface area contributed by atoms with E-state index in [4.69, 9.17) is 11.6 Å². The minimum Gasteiger partial charge on any atom is -0.366 e. The van der Waals surface area contributed by atoms with Crippen molar-refractivity contribution >= 4 is 23.2 Å². The zero-order valence-electron chi connectivity index (χ0n) is 14.5. The number of hydrogen-bond acceptors (Lipinski definition) is 3. The number of nitrogens with zero attached hydrogens (tertiary/aromatic N) is 3. The molecule has 3 aromatic rings. The van der Waals surface area contributed by atoms with E-state index in [1.54, 1.807) is 35.2 Å². The molecule has 0 bridgehead atoms. The van der Waals surface area contributed by atoms with Crippen molar-refractivity contribution in [3.8, 4) is 11.3 Å². The lowest BCUT2D eigenvalue weighted by Crippen LogP contribution is -2.49. The van der Waals surface area contributed by atoms with Gasteiger partial charge in [0.1, 0.15) is 11.5 Å². The number of H-pyrrole nitrogens is 1. The molecular formula is C20H18ClFN4O. The summed E-state index contributed by atoms with van der Waals surface area (Å²) in [5.74, 6) is -0.339. The Morgan fingerprint density at radius 2 is 1.74 bits per heavy atom. The van der Waals surface area contributed by atoms with Crippen LogP contribution >= 0.6 is 11.6 Å². The van der Waals surface area contributed by atoms with Crippen molar-refractivity contribution < 1.29 is 9.18 Å². The zero-order chi connectivity index (χ0) is 18.8. The van der Waals surface area contributed by atoms with Crippen molar-refractivity contribution in [2.24, 2.45) is 0 Å². The Kier molecular flexibility index (Phi) is 4.81. The van der Waals surface area contributed by atoms with Crippen molar-refractivity contribution in [2.45, 2.75) is 0 Å². The Morgan fingerprint density at radius 1 is 1.04 bits per heavy atom. The molecule has 0 aliphatic carbocycles. The number of aromatic amines is 1. The van der Waals surface area contributed by atoms with Crippen LogP contribution in [0.2, 0.25) is 5.02 Å². The number of para-hydroxylation sites is 1. The van der Waals surface area contributed by atoms with Gasteiger partial charge < -0.3 is 9.80 Å². The number of halogens is 2. The first-order chi connectivity index (χ1) is 13.1. The number of carbonyl (C=O) groups excluding carboxylic acids is 1. The van der Waals surface area contributed by atoms with Gasteiger partial charge in [0.15, 0.2) is 0 Å². The summed E-state index contributed by atoms with van der Waals surface area (Å²) in [6.45, 7) is 2.24. The molecule has 7 heteroatoms. The fraction of sp³-hybridized carbons (Fsp3) is 0.200. The van der Waals surface area contributed by atoms with Crippen LogP contribution in [0.25, 0.3) is 11.3 Å². The second-order valence-corrected chi connectivity index (χ2v) is 6.84. The number of anilines is 1. The molecule has 1 aromatic heterocycles. The van der Waals surface area contributed by atoms with Crippen molar-refractivity contribution in [3.63, 3.8) is 0 Å². The zero-order valence-corrected chi connectivity index (χ0v) is 15.3. The van der Waals surface area contributed by atoms with Gasteiger partial charge in [-0.25, -0.2) is 4.39 Å². The third kappa shape index (κ3) is 3.66. The van der Waals surface area contributed by atoms with Gasteiger partial charge in [0, 0.05) is 36.8 Å². The fourth-order valence-corrected chi connectivity index (χ4v) is 3.35. The van der Waals surface area contributed by atoms with Gasteiger partial charge in [0.2, 0.25) is 0 Å². The lowest BCUT2D eigenvalue weighted by atomic mass is 10.1. The number of nitrogens with one attached hydrogen (secondary N) is 1. The Morgan fingerprint density at radius 3 is 2.44 bits per heavy atom. The summed E-state index contributed by atoms with van der Waals surface area (Å²) in [5, 5.41) is 7.70. The quantitative estimate of drug-likeness (QED) is 0.746. The summed E-state index contributed by atoms with van der Waals surface area (Å²) >= 11 is 5.91. The van der Waals surface area contributed by atoms with E-state index < -0.39 is 0 Å². The normalized spacial score (nSPS) is 14.4. The minimum absolute atomic E-state index is 0.101. The minimum atomic E-state index is -0.238. The summed E-state index contributed by atoms with van der Waals surface area (Å²) in [7, 11) is 0. The van der Waals surface area contributed by atoms with Crippen LogP contribution < -0.4 is 4.90 Å². The number of piperazine rings is 1. The molecule has 1 N–H and O–H groups in total. The standard InChI is InChI=1S/C20H18ClFN4O/c21-15-7-5-14(6-8-15)17-13-18(24-23-17)20(27)26-11-9-25(10-12-26)19-4-2-1-3-16(19)22/h1-8,13H,9-12H2,(H,23,24). The summed E-state index contributed by atoms with van der Waals surface area (Å²) in [6, 6.07) is 15.8. The van der Waals surface area contributed by atoms with E-state index in [0.29, 0.717) is 48.3 Å². The van der Waals surface area contributed by atoms with Gasteiger partial charge in [-0.05, 0) is 30.3 Å². The van der Waals surface area contributed by atoms with E-state index in [1.807, 2.05) is 23.1 Å². The molecule has 2 aromatic carbocycles. The largest absolute Gasteiger partial charge is 0.366 e. The van der Waals surface area contributed by atoms with Crippen LogP contribution in [0.15, 0.2) is 54.6 Å². The Labute approximate surface area is 161 Å². The van der Waals surface area contributed by atoms with Crippen LogP contribution in [0.3, 0.4) is 0 Å². The van der Waals surface area contributed by atoms with E-state index in [9.17, 15) is 9.18 Å². The maximum atomic E-state index is 13.9. The van der Waals surface area contributed by atoms with E-state index in [2.05, 4.69) is 10.2 Å². The molecule has 1 fully saturated rings. The first-order valence-corrected chi connectivity index (χ1v) is 9.10.